The molecule has 4 saturated carbocycles. The Morgan fingerprint density at radius 3 is 1.65 bits per heavy atom. The second-order valence-corrected chi connectivity index (χ2v) is 26.2. The number of carbonyl (C=O) groups excluding carboxylic acids is 1. The van der Waals surface area contributed by atoms with E-state index in [-0.39, 0.29) is 30.1 Å². The summed E-state index contributed by atoms with van der Waals surface area (Å²) in [5.41, 5.74) is -4.22. The Hall–Kier alpha value is -2.20. The van der Waals surface area contributed by atoms with Gasteiger partial charge in [0.1, 0.15) is 103 Å². The van der Waals surface area contributed by atoms with Gasteiger partial charge in [-0.1, -0.05) is 46.3 Å². The number of carboxylic acids is 1. The number of aliphatic hydroxyl groups is 15. The highest BCUT2D eigenvalue weighted by Gasteiger charge is 2.73. The molecule has 4 aliphatic heterocycles. The summed E-state index contributed by atoms with van der Waals surface area (Å²) in [7, 11) is 0. The fourth-order valence-electron chi connectivity index (χ4n) is 16.4. The lowest BCUT2D eigenvalue weighted by atomic mass is 9.33. The van der Waals surface area contributed by atoms with Gasteiger partial charge < -0.3 is 120 Å². The lowest BCUT2D eigenvalue weighted by Crippen LogP contribution is -2.69. The van der Waals surface area contributed by atoms with Crippen molar-refractivity contribution in [2.24, 2.45) is 50.2 Å². The molecule has 80 heavy (non-hydrogen) atoms. The monoisotopic (exact) mass is 1150 g/mol. The topological polar surface area (TPSA) is 432 Å². The summed E-state index contributed by atoms with van der Waals surface area (Å²) in [5.74, 6) is -3.08. The fraction of sp³-hybridized carbons (Fsp3) is 0.926. The number of esters is 1. The van der Waals surface area contributed by atoms with Crippen LogP contribution in [-0.2, 0) is 47.5 Å². The molecule has 0 unspecified atom stereocenters. The Kier molecular flexibility index (Phi) is 17.6. The molecule has 26 nitrogen and oxygen atoms in total. The molecule has 5 aliphatic carbocycles. The van der Waals surface area contributed by atoms with Crippen molar-refractivity contribution in [2.45, 2.75) is 234 Å². The van der Waals surface area contributed by atoms with Crippen LogP contribution in [0.3, 0.4) is 0 Å². The van der Waals surface area contributed by atoms with E-state index in [2.05, 4.69) is 40.7 Å². The first-order chi connectivity index (χ1) is 37.4. The van der Waals surface area contributed by atoms with Crippen molar-refractivity contribution in [3.8, 4) is 0 Å². The second kappa shape index (κ2) is 22.6. The van der Waals surface area contributed by atoms with Crippen molar-refractivity contribution >= 4 is 11.9 Å². The number of rotatable bonds is 13. The zero-order chi connectivity index (χ0) is 58.7. The largest absolute Gasteiger partial charge is 0.481 e. The van der Waals surface area contributed by atoms with Crippen LogP contribution in [0, 0.1) is 50.2 Å². The predicted molar refractivity (Wildman–Crippen MR) is 266 cm³/mol. The third-order valence-electron chi connectivity index (χ3n) is 21.6. The van der Waals surface area contributed by atoms with Crippen molar-refractivity contribution in [3.63, 3.8) is 0 Å². The quantitative estimate of drug-likeness (QED) is 0.0617. The van der Waals surface area contributed by atoms with E-state index < -0.39 is 206 Å². The highest BCUT2D eigenvalue weighted by atomic mass is 16.8. The molecule has 16 N–H and O–H groups in total. The van der Waals surface area contributed by atoms with Gasteiger partial charge in [-0.25, -0.2) is 0 Å². The summed E-state index contributed by atoms with van der Waals surface area (Å²) in [5, 5.41) is 175. The molecular weight excluding hydrogens is 1060 g/mol. The zero-order valence-electron chi connectivity index (χ0n) is 45.9. The van der Waals surface area contributed by atoms with Crippen LogP contribution in [0.2, 0.25) is 0 Å². The molecule has 0 amide bonds. The highest BCUT2D eigenvalue weighted by molar-refractivity contribution is 5.80. The normalized spacial score (nSPS) is 54.0. The first kappa shape index (κ1) is 62.3. The van der Waals surface area contributed by atoms with Crippen LogP contribution in [-0.4, -0.2) is 255 Å². The number of aliphatic hydroxyl groups excluding tert-OH is 15. The van der Waals surface area contributed by atoms with Crippen LogP contribution < -0.4 is 0 Å². The molecule has 30 atom stereocenters. The smallest absolute Gasteiger partial charge is 0.317 e. The van der Waals surface area contributed by atoms with Crippen LogP contribution in [0.4, 0.5) is 0 Å². The second-order valence-electron chi connectivity index (χ2n) is 26.2. The van der Waals surface area contributed by atoms with Crippen LogP contribution in [0.25, 0.3) is 0 Å². The summed E-state index contributed by atoms with van der Waals surface area (Å²) < 4.78 is 46.9. The van der Waals surface area contributed by atoms with Gasteiger partial charge in [0.2, 0.25) is 6.29 Å². The Morgan fingerprint density at radius 2 is 1.09 bits per heavy atom. The molecule has 0 aromatic rings. The highest BCUT2D eigenvalue weighted by Crippen LogP contribution is 2.76. The molecule has 0 aromatic carbocycles. The molecule has 0 spiro atoms. The SMILES string of the molecule is CC1(C)CC[C@]2(C(=O)O[C@@H]3O[C@H](CO[C@@H]4O[C@H](CO)[C@@H](O)[C@H](O)[C@@H]4O[C@H]4O[C@H](CO)[C@H](O)[C@@H](O)[C@@H]4O)[C@@H](O)[C@H](O[C@@H]4O[C@@H](CO)[C@@H](O)[C@H](O)[C@H]4O)[C@H]3O)[C@H](O)C[C@]3(C)C(=CC[C@@H]4[C@@]5(C)CC[C@H](O)[C@@](C)(C(=O)O)[C@@H]5CC[C@]43C)[C@H]2C1. The average molecular weight is 1150 g/mol. The molecule has 4 heterocycles. The van der Waals surface area contributed by atoms with Crippen LogP contribution in [0.1, 0.15) is 99.3 Å². The molecule has 8 fully saturated rings. The van der Waals surface area contributed by atoms with E-state index >= 15 is 4.79 Å². The summed E-state index contributed by atoms with van der Waals surface area (Å²) in [4.78, 5) is 28.6. The Balaban J connectivity index is 1.03. The minimum absolute atomic E-state index is 0.0645. The van der Waals surface area contributed by atoms with Crippen LogP contribution >= 0.6 is 0 Å². The summed E-state index contributed by atoms with van der Waals surface area (Å²) >= 11 is 0. The van der Waals surface area contributed by atoms with Gasteiger partial charge in [-0.2, -0.15) is 0 Å². The lowest BCUT2D eigenvalue weighted by Gasteiger charge is -2.71. The fourth-order valence-corrected chi connectivity index (χ4v) is 16.4. The van der Waals surface area contributed by atoms with E-state index in [0.29, 0.717) is 44.9 Å². The number of carbonyl (C=O) groups is 2. The van der Waals surface area contributed by atoms with E-state index in [1.54, 1.807) is 6.92 Å². The number of ether oxygens (including phenoxy) is 8. The number of hydrogen-bond acceptors (Lipinski definition) is 25. The minimum Gasteiger partial charge on any atom is -0.481 e. The molecule has 0 bridgehead atoms. The number of allylic oxidation sites excluding steroid dienone is 2. The maximum atomic E-state index is 15.6. The molecule has 0 radical (unpaired) electrons. The van der Waals surface area contributed by atoms with Crippen molar-refractivity contribution in [1.29, 1.82) is 0 Å². The van der Waals surface area contributed by atoms with Gasteiger partial charge in [-0.05, 0) is 104 Å². The van der Waals surface area contributed by atoms with Crippen molar-refractivity contribution in [2.75, 3.05) is 26.4 Å². The third-order valence-corrected chi connectivity index (χ3v) is 21.6. The van der Waals surface area contributed by atoms with Gasteiger partial charge in [0.05, 0.1) is 44.1 Å². The third kappa shape index (κ3) is 9.82. The molecule has 26 heteroatoms. The Labute approximate surface area is 462 Å². The predicted octanol–water partition coefficient (Wildman–Crippen LogP) is -4.00. The first-order valence-electron chi connectivity index (χ1n) is 28.1. The molecule has 4 saturated heterocycles. The minimum atomic E-state index is -2.17. The Bertz CT molecular complexity index is 2250. The van der Waals surface area contributed by atoms with E-state index in [0.717, 1.165) is 5.57 Å². The van der Waals surface area contributed by atoms with Gasteiger partial charge in [0, 0.05) is 0 Å². The molecule has 0 aromatic heterocycles. The van der Waals surface area contributed by atoms with Gasteiger partial charge in [0.25, 0.3) is 0 Å². The standard InChI is InChI=1S/C54H86O26/c1-49(2)13-14-54(22(15-49)21-7-8-27-50(3)11-10-29(58)53(6,47(70)71)28(50)9-12-51(27,4)52(21,5)16-30(54)59)48(72)80-45-40(69)41(78-43-38(67)35(64)31(60)23(17-55)74-43)34(63)26(77-45)20-73-46-42(37(66)33(62)25(19-57)76-46)79-44-39(68)36(65)32(61)24(18-56)75-44/h7,22-46,55-69H,8-20H2,1-6H3,(H,70,71)/t22-,23+,24-,25-,26-,27-,28-,29+,30-,31-,32+,33-,34-,35+,36-,37+,38-,39+,40-,41+,42+,43+,44-,45+,46-,50-,51-,52-,53+,54-/m1/s1. The maximum Gasteiger partial charge on any atom is 0.317 e. The molecule has 458 valence electrons. The molecule has 9 rings (SSSR count). The lowest BCUT2D eigenvalue weighted by molar-refractivity contribution is -0.378. The zero-order valence-corrected chi connectivity index (χ0v) is 45.9. The van der Waals surface area contributed by atoms with Crippen molar-refractivity contribution in [1.82, 2.24) is 0 Å². The molecular formula is C54H86O26. The van der Waals surface area contributed by atoms with Crippen LogP contribution in [0.5, 0.6) is 0 Å². The van der Waals surface area contributed by atoms with Gasteiger partial charge in [-0.3, -0.25) is 9.59 Å². The first-order valence-corrected chi connectivity index (χ1v) is 28.1. The number of fused-ring (bicyclic) bond motifs is 7. The van der Waals surface area contributed by atoms with E-state index in [4.69, 9.17) is 37.9 Å². The van der Waals surface area contributed by atoms with E-state index in [1.165, 1.54) is 0 Å². The van der Waals surface area contributed by atoms with Gasteiger partial charge in [-0.15, -0.1) is 0 Å². The van der Waals surface area contributed by atoms with E-state index in [1.807, 2.05) is 0 Å². The summed E-state index contributed by atoms with van der Waals surface area (Å²) in [6.45, 7) is 8.72. The van der Waals surface area contributed by atoms with Crippen molar-refractivity contribution < 1.29 is 129 Å². The maximum absolute atomic E-state index is 15.6. The van der Waals surface area contributed by atoms with Crippen LogP contribution in [0.15, 0.2) is 11.6 Å². The van der Waals surface area contributed by atoms with Gasteiger partial charge >= 0.3 is 11.9 Å². The summed E-state index contributed by atoms with van der Waals surface area (Å²) in [6, 6.07) is 0. The van der Waals surface area contributed by atoms with E-state index in [9.17, 15) is 86.5 Å². The summed E-state index contributed by atoms with van der Waals surface area (Å²) in [6.07, 6.45) is -34.5. The molecule has 9 aliphatic rings. The number of aliphatic carboxylic acids is 1. The Morgan fingerprint density at radius 1 is 0.550 bits per heavy atom. The van der Waals surface area contributed by atoms with Crippen molar-refractivity contribution in [3.05, 3.63) is 11.6 Å². The number of carboxylic acid groups (broad SMARTS) is 1. The van der Waals surface area contributed by atoms with Gasteiger partial charge in [0.15, 0.2) is 18.9 Å². The average Bonchev–Trinajstić information content (AvgIpc) is 3.53. The number of hydrogen-bond donors (Lipinski definition) is 16.